The average Bonchev–Trinajstić information content (AvgIpc) is 3.24. The second kappa shape index (κ2) is 39.2. The van der Waals surface area contributed by atoms with Crippen molar-refractivity contribution in [3.05, 3.63) is 20.4 Å². The van der Waals surface area contributed by atoms with Crippen molar-refractivity contribution < 1.29 is 23.8 Å². The summed E-state index contributed by atoms with van der Waals surface area (Å²) in [5.74, 6) is 0.276. The summed E-state index contributed by atoms with van der Waals surface area (Å²) in [6.07, 6.45) is 34.7. The molecule has 60 heavy (non-hydrogen) atoms. The van der Waals surface area contributed by atoms with Crippen LogP contribution in [0, 0.1) is 5.92 Å². The maximum atomic E-state index is 12.9. The van der Waals surface area contributed by atoms with Crippen molar-refractivity contribution in [2.24, 2.45) is 5.92 Å². The van der Waals surface area contributed by atoms with Gasteiger partial charge in [0.15, 0.2) is 0 Å². The highest BCUT2D eigenvalue weighted by molar-refractivity contribution is 5.73. The molecule has 0 aliphatic heterocycles. The Labute approximate surface area is 367 Å². The highest BCUT2D eigenvalue weighted by Crippen LogP contribution is 2.19. The lowest BCUT2D eigenvalue weighted by atomic mass is 10.0. The predicted molar refractivity (Wildman–Crippen MR) is 252 cm³/mol. The Bertz CT molecular complexity index is 1220. The number of carbonyl (C=O) groups excluding carboxylic acids is 2. The zero-order valence-electron chi connectivity index (χ0n) is 39.6. The topological polar surface area (TPSA) is 123 Å². The van der Waals surface area contributed by atoms with Gasteiger partial charge in [-0.3, -0.25) is 14.4 Å². The molecule has 350 valence electrons. The van der Waals surface area contributed by atoms with Gasteiger partial charge in [-0.25, -0.2) is 4.79 Å². The molecule has 1 aromatic carbocycles. The van der Waals surface area contributed by atoms with Crippen LogP contribution in [0.25, 0.3) is 0 Å². The summed E-state index contributed by atoms with van der Waals surface area (Å²) in [6, 6.07) is 0. The minimum absolute atomic E-state index is 0.0124. The lowest BCUT2D eigenvalue weighted by Gasteiger charge is -2.26. The number of nitrogens with zero attached hydrogens (tertiary/aromatic N) is 1. The Morgan fingerprint density at radius 1 is 0.550 bits per heavy atom. The molecule has 0 spiro atoms. The zero-order chi connectivity index (χ0) is 43.9. The van der Waals surface area contributed by atoms with E-state index >= 15 is 0 Å². The molecule has 0 aromatic heterocycles. The summed E-state index contributed by atoms with van der Waals surface area (Å²) in [4.78, 5) is 51.2. The number of rotatable bonds is 44. The molecule has 0 aliphatic rings. The third-order valence-corrected chi connectivity index (χ3v) is 11.8. The number of carbonyl (C=O) groups is 2. The van der Waals surface area contributed by atoms with Gasteiger partial charge < -0.3 is 29.7 Å². The molecule has 1 atom stereocenters. The Kier molecular flexibility index (Phi) is 36.2. The molecular formula is C50H93N3O7. The van der Waals surface area contributed by atoms with Gasteiger partial charge in [0.05, 0.1) is 13.2 Å². The first-order valence-corrected chi connectivity index (χ1v) is 25.2. The standard InChI is InChI=1S/C50H93N3O7/c1-6-9-12-15-18-25-32-39-58-50(57)59-40-33-26-24-31-38-53(42-43(4)41-52-47-46(51-5)48(55)49(47)56)37-30-23-19-22-29-36-45(54)60-44(34-27-20-16-13-10-7-2)35-28-21-17-14-11-8-3/h43-44,51-52H,6-42H2,1-5H3. The van der Waals surface area contributed by atoms with E-state index < -0.39 is 17.0 Å². The summed E-state index contributed by atoms with van der Waals surface area (Å²) in [5, 5.41) is 6.05. The quantitative estimate of drug-likeness (QED) is 0.0373. The molecule has 0 amide bonds. The number of hydrogen-bond donors (Lipinski definition) is 2. The second-order valence-corrected chi connectivity index (χ2v) is 17.7. The van der Waals surface area contributed by atoms with Crippen molar-refractivity contribution in [1.29, 1.82) is 0 Å². The van der Waals surface area contributed by atoms with E-state index in [1.54, 1.807) is 7.05 Å². The third kappa shape index (κ3) is 29.6. The Morgan fingerprint density at radius 3 is 1.45 bits per heavy atom. The van der Waals surface area contributed by atoms with Crippen LogP contribution in [0.3, 0.4) is 0 Å². The number of anilines is 2. The minimum atomic E-state index is -0.550. The fraction of sp³-hybridized carbons (Fsp3) is 0.880. The summed E-state index contributed by atoms with van der Waals surface area (Å²) in [5.41, 5.74) is -0.111. The lowest BCUT2D eigenvalue weighted by Crippen LogP contribution is -2.39. The average molecular weight is 848 g/mol. The van der Waals surface area contributed by atoms with Crippen LogP contribution in [0.15, 0.2) is 9.59 Å². The molecule has 0 radical (unpaired) electrons. The van der Waals surface area contributed by atoms with Gasteiger partial charge in [0, 0.05) is 26.6 Å². The van der Waals surface area contributed by atoms with E-state index in [0.29, 0.717) is 37.6 Å². The highest BCUT2D eigenvalue weighted by atomic mass is 16.7. The number of hydrogen-bond acceptors (Lipinski definition) is 10. The second-order valence-electron chi connectivity index (χ2n) is 17.7. The molecule has 0 aliphatic carbocycles. The maximum Gasteiger partial charge on any atom is 0.508 e. The molecule has 0 heterocycles. The minimum Gasteiger partial charge on any atom is -0.462 e. The molecule has 1 unspecified atom stereocenters. The number of esters is 1. The van der Waals surface area contributed by atoms with Gasteiger partial charge in [0.25, 0.3) is 10.9 Å². The number of unbranched alkanes of at least 4 members (excludes halogenated alkanes) is 23. The summed E-state index contributed by atoms with van der Waals surface area (Å²) >= 11 is 0. The number of ether oxygens (including phenoxy) is 3. The summed E-state index contributed by atoms with van der Waals surface area (Å²) in [6.45, 7) is 13.2. The fourth-order valence-electron chi connectivity index (χ4n) is 8.02. The zero-order valence-corrected chi connectivity index (χ0v) is 39.6. The maximum absolute atomic E-state index is 12.9. The smallest absolute Gasteiger partial charge is 0.462 e. The Hall–Kier alpha value is -2.62. The molecule has 10 nitrogen and oxygen atoms in total. The number of nitrogens with one attached hydrogen (secondary N) is 2. The molecule has 1 rings (SSSR count). The van der Waals surface area contributed by atoms with E-state index in [-0.39, 0.29) is 18.0 Å². The van der Waals surface area contributed by atoms with E-state index in [2.05, 4.69) is 43.2 Å². The molecule has 2 N–H and O–H groups in total. The SMILES string of the molecule is CCCCCCCCCOC(=O)OCCCCCCN(CCCCCCCC(=O)OC(CCCCCCCC)CCCCCCCC)CC(C)CNc1c(NC)c(=O)c1=O. The van der Waals surface area contributed by atoms with E-state index in [1.807, 2.05) is 0 Å². The molecule has 0 fully saturated rings. The summed E-state index contributed by atoms with van der Waals surface area (Å²) < 4.78 is 16.6. The first kappa shape index (κ1) is 55.4. The van der Waals surface area contributed by atoms with Crippen molar-refractivity contribution in [3.8, 4) is 0 Å². The fourth-order valence-corrected chi connectivity index (χ4v) is 8.02. The van der Waals surface area contributed by atoms with E-state index in [0.717, 1.165) is 116 Å². The molecule has 0 saturated heterocycles. The molecule has 0 saturated carbocycles. The van der Waals surface area contributed by atoms with Gasteiger partial charge in [0.2, 0.25) is 0 Å². The van der Waals surface area contributed by atoms with Crippen LogP contribution in [0.1, 0.15) is 227 Å². The van der Waals surface area contributed by atoms with E-state index in [1.165, 1.54) is 96.3 Å². The van der Waals surface area contributed by atoms with Crippen molar-refractivity contribution >= 4 is 23.5 Å². The molecular weight excluding hydrogens is 755 g/mol. The van der Waals surface area contributed by atoms with E-state index in [4.69, 9.17) is 14.2 Å². The van der Waals surface area contributed by atoms with Crippen LogP contribution in [0.5, 0.6) is 0 Å². The Morgan fingerprint density at radius 2 is 0.967 bits per heavy atom. The first-order chi connectivity index (χ1) is 29.3. The van der Waals surface area contributed by atoms with Gasteiger partial charge in [-0.2, -0.15) is 0 Å². The first-order valence-electron chi connectivity index (χ1n) is 25.2. The monoisotopic (exact) mass is 848 g/mol. The Balaban J connectivity index is 2.42. The van der Waals surface area contributed by atoms with Gasteiger partial charge in [-0.15, -0.1) is 0 Å². The van der Waals surface area contributed by atoms with Crippen molar-refractivity contribution in [2.75, 3.05) is 57.1 Å². The van der Waals surface area contributed by atoms with Crippen LogP contribution in [0.2, 0.25) is 0 Å². The van der Waals surface area contributed by atoms with Crippen molar-refractivity contribution in [1.82, 2.24) is 4.90 Å². The van der Waals surface area contributed by atoms with Crippen molar-refractivity contribution in [2.45, 2.75) is 233 Å². The third-order valence-electron chi connectivity index (χ3n) is 11.8. The lowest BCUT2D eigenvalue weighted by molar-refractivity contribution is -0.150. The van der Waals surface area contributed by atoms with Gasteiger partial charge in [-0.05, 0) is 76.8 Å². The van der Waals surface area contributed by atoms with Crippen LogP contribution in [-0.4, -0.2) is 69.6 Å². The van der Waals surface area contributed by atoms with Crippen LogP contribution >= 0.6 is 0 Å². The van der Waals surface area contributed by atoms with Crippen molar-refractivity contribution in [3.63, 3.8) is 0 Å². The van der Waals surface area contributed by atoms with E-state index in [9.17, 15) is 19.2 Å². The van der Waals surface area contributed by atoms with Gasteiger partial charge >= 0.3 is 12.1 Å². The van der Waals surface area contributed by atoms with Crippen LogP contribution in [0.4, 0.5) is 16.2 Å². The highest BCUT2D eigenvalue weighted by Gasteiger charge is 2.20. The van der Waals surface area contributed by atoms with Gasteiger partial charge in [0.1, 0.15) is 17.5 Å². The predicted octanol–water partition coefficient (Wildman–Crippen LogP) is 12.9. The summed E-state index contributed by atoms with van der Waals surface area (Å²) in [7, 11) is 1.67. The molecule has 0 bridgehead atoms. The largest absolute Gasteiger partial charge is 0.508 e. The molecule has 1 aromatic rings. The van der Waals surface area contributed by atoms with Gasteiger partial charge in [-0.1, -0.05) is 163 Å². The van der Waals surface area contributed by atoms with Crippen LogP contribution in [-0.2, 0) is 19.0 Å². The van der Waals surface area contributed by atoms with Crippen LogP contribution < -0.4 is 21.5 Å². The normalized spacial score (nSPS) is 12.1. The molecule has 10 heteroatoms.